The number of amides is 1. The molecular weight excluding hydrogens is 192 g/mol. The van der Waals surface area contributed by atoms with Crippen LogP contribution < -0.4 is 5.32 Å². The smallest absolute Gasteiger partial charge is 0.238 e. The lowest BCUT2D eigenvalue weighted by Crippen LogP contribution is -2.45. The Bertz CT molecular complexity index is 219. The van der Waals surface area contributed by atoms with Crippen LogP contribution in [0.25, 0.3) is 0 Å². The highest BCUT2D eigenvalue weighted by molar-refractivity contribution is 5.80. The van der Waals surface area contributed by atoms with E-state index in [4.69, 9.17) is 4.74 Å². The van der Waals surface area contributed by atoms with Gasteiger partial charge in [0.1, 0.15) is 0 Å². The molecule has 0 heterocycles. The van der Waals surface area contributed by atoms with E-state index in [2.05, 4.69) is 5.32 Å². The van der Waals surface area contributed by atoms with Crippen LogP contribution in [-0.2, 0) is 9.53 Å². The molecule has 3 atom stereocenters. The van der Waals surface area contributed by atoms with Gasteiger partial charge in [-0.1, -0.05) is 0 Å². The Morgan fingerprint density at radius 1 is 1.47 bits per heavy atom. The van der Waals surface area contributed by atoms with Crippen LogP contribution in [0, 0.1) is 0 Å². The second-order valence-electron chi connectivity index (χ2n) is 4.49. The standard InChI is InChI=1S/C11H22N2O2/c1-8(11(14)13(2)3)12-9-5-6-10(7-9)15-4/h8-10,12H,5-7H2,1-4H3. The molecule has 3 unspecified atom stereocenters. The SMILES string of the molecule is COC1CCC(NC(C)C(=O)N(C)C)C1. The maximum absolute atomic E-state index is 11.6. The molecule has 88 valence electrons. The molecule has 1 rings (SSSR count). The van der Waals surface area contributed by atoms with E-state index in [0.717, 1.165) is 19.3 Å². The number of rotatable bonds is 4. The highest BCUT2D eigenvalue weighted by Gasteiger charge is 2.27. The van der Waals surface area contributed by atoms with Crippen LogP contribution in [0.15, 0.2) is 0 Å². The molecule has 1 fully saturated rings. The van der Waals surface area contributed by atoms with Crippen LogP contribution in [0.5, 0.6) is 0 Å². The first-order chi connectivity index (χ1) is 7.04. The molecule has 1 aliphatic rings. The molecule has 15 heavy (non-hydrogen) atoms. The third-order valence-electron chi connectivity index (χ3n) is 3.01. The minimum Gasteiger partial charge on any atom is -0.381 e. The fraction of sp³-hybridized carbons (Fsp3) is 0.909. The minimum absolute atomic E-state index is 0.0967. The van der Waals surface area contributed by atoms with E-state index < -0.39 is 0 Å². The van der Waals surface area contributed by atoms with Crippen LogP contribution in [0.3, 0.4) is 0 Å². The van der Waals surface area contributed by atoms with Crippen molar-refractivity contribution in [3.63, 3.8) is 0 Å². The second kappa shape index (κ2) is 5.47. The largest absolute Gasteiger partial charge is 0.381 e. The zero-order chi connectivity index (χ0) is 11.4. The Hall–Kier alpha value is -0.610. The summed E-state index contributed by atoms with van der Waals surface area (Å²) in [6.45, 7) is 1.92. The number of methoxy groups -OCH3 is 1. The monoisotopic (exact) mass is 214 g/mol. The summed E-state index contributed by atoms with van der Waals surface area (Å²) in [6, 6.07) is 0.328. The van der Waals surface area contributed by atoms with E-state index in [1.807, 2.05) is 6.92 Å². The van der Waals surface area contributed by atoms with Gasteiger partial charge in [-0.15, -0.1) is 0 Å². The lowest BCUT2D eigenvalue weighted by atomic mass is 10.2. The summed E-state index contributed by atoms with van der Waals surface area (Å²) in [6.07, 6.45) is 3.58. The molecule has 1 saturated carbocycles. The Balaban J connectivity index is 2.33. The molecule has 0 saturated heterocycles. The predicted molar refractivity (Wildman–Crippen MR) is 59.7 cm³/mol. The number of hydrogen-bond donors (Lipinski definition) is 1. The molecule has 0 aromatic rings. The molecule has 1 N–H and O–H groups in total. The van der Waals surface area contributed by atoms with Crippen molar-refractivity contribution in [3.8, 4) is 0 Å². The normalized spacial score (nSPS) is 27.7. The summed E-state index contributed by atoms with van der Waals surface area (Å²) in [7, 11) is 5.32. The summed E-state index contributed by atoms with van der Waals surface area (Å²) >= 11 is 0. The summed E-state index contributed by atoms with van der Waals surface area (Å²) in [5.74, 6) is 0.135. The number of carbonyl (C=O) groups is 1. The van der Waals surface area contributed by atoms with Crippen LogP contribution >= 0.6 is 0 Å². The Kier molecular flexibility index (Phi) is 4.54. The van der Waals surface area contributed by atoms with Gasteiger partial charge in [0.05, 0.1) is 12.1 Å². The van der Waals surface area contributed by atoms with Crippen molar-refractivity contribution in [3.05, 3.63) is 0 Å². The van der Waals surface area contributed by atoms with Crippen molar-refractivity contribution in [2.24, 2.45) is 0 Å². The third-order valence-corrected chi connectivity index (χ3v) is 3.01. The topological polar surface area (TPSA) is 41.6 Å². The molecule has 0 aromatic heterocycles. The second-order valence-corrected chi connectivity index (χ2v) is 4.49. The molecular formula is C11H22N2O2. The van der Waals surface area contributed by atoms with Gasteiger partial charge in [0, 0.05) is 27.2 Å². The van der Waals surface area contributed by atoms with Crippen molar-refractivity contribution < 1.29 is 9.53 Å². The molecule has 4 heteroatoms. The average Bonchev–Trinajstić information content (AvgIpc) is 2.64. The van der Waals surface area contributed by atoms with Gasteiger partial charge in [0.25, 0.3) is 0 Å². The highest BCUT2D eigenvalue weighted by Crippen LogP contribution is 2.21. The Labute approximate surface area is 92.0 Å². The van der Waals surface area contributed by atoms with Crippen LogP contribution in [0.1, 0.15) is 26.2 Å². The number of ether oxygens (including phenoxy) is 1. The van der Waals surface area contributed by atoms with Crippen molar-refractivity contribution in [1.29, 1.82) is 0 Å². The summed E-state index contributed by atoms with van der Waals surface area (Å²) in [5.41, 5.74) is 0. The van der Waals surface area contributed by atoms with E-state index >= 15 is 0 Å². The summed E-state index contributed by atoms with van der Waals surface area (Å²) in [4.78, 5) is 13.2. The van der Waals surface area contributed by atoms with Crippen LogP contribution in [-0.4, -0.2) is 50.2 Å². The van der Waals surface area contributed by atoms with Gasteiger partial charge in [0.15, 0.2) is 0 Å². The van der Waals surface area contributed by atoms with Gasteiger partial charge in [-0.05, 0) is 26.2 Å². The lowest BCUT2D eigenvalue weighted by molar-refractivity contribution is -0.130. The quantitative estimate of drug-likeness (QED) is 0.746. The molecule has 0 spiro atoms. The lowest BCUT2D eigenvalue weighted by Gasteiger charge is -2.21. The van der Waals surface area contributed by atoms with E-state index in [1.54, 1.807) is 26.1 Å². The Morgan fingerprint density at radius 3 is 2.60 bits per heavy atom. The van der Waals surface area contributed by atoms with Gasteiger partial charge < -0.3 is 15.0 Å². The van der Waals surface area contributed by atoms with Gasteiger partial charge in [-0.3, -0.25) is 4.79 Å². The zero-order valence-electron chi connectivity index (χ0n) is 10.1. The molecule has 0 aromatic carbocycles. The molecule has 0 radical (unpaired) electrons. The first-order valence-corrected chi connectivity index (χ1v) is 5.54. The number of likely N-dealkylation sites (N-methyl/N-ethyl adjacent to an activating group) is 1. The Morgan fingerprint density at radius 2 is 2.13 bits per heavy atom. The molecule has 1 aliphatic carbocycles. The highest BCUT2D eigenvalue weighted by atomic mass is 16.5. The van der Waals surface area contributed by atoms with Crippen LogP contribution in [0.2, 0.25) is 0 Å². The maximum atomic E-state index is 11.6. The first kappa shape index (κ1) is 12.5. The van der Waals surface area contributed by atoms with Gasteiger partial charge >= 0.3 is 0 Å². The van der Waals surface area contributed by atoms with E-state index in [9.17, 15) is 4.79 Å². The van der Waals surface area contributed by atoms with Crippen molar-refractivity contribution >= 4 is 5.91 Å². The van der Waals surface area contributed by atoms with Crippen molar-refractivity contribution in [1.82, 2.24) is 10.2 Å². The number of nitrogens with zero attached hydrogens (tertiary/aromatic N) is 1. The third kappa shape index (κ3) is 3.47. The van der Waals surface area contributed by atoms with E-state index in [1.165, 1.54) is 0 Å². The zero-order valence-corrected chi connectivity index (χ0v) is 10.1. The number of carbonyl (C=O) groups excluding carboxylic acids is 1. The maximum Gasteiger partial charge on any atom is 0.238 e. The summed E-state index contributed by atoms with van der Waals surface area (Å²) < 4.78 is 5.30. The summed E-state index contributed by atoms with van der Waals surface area (Å²) in [5, 5.41) is 3.35. The molecule has 4 nitrogen and oxygen atoms in total. The van der Waals surface area contributed by atoms with Gasteiger partial charge in [-0.2, -0.15) is 0 Å². The number of nitrogens with one attached hydrogen (secondary N) is 1. The molecule has 0 aliphatic heterocycles. The first-order valence-electron chi connectivity index (χ1n) is 5.54. The van der Waals surface area contributed by atoms with E-state index in [-0.39, 0.29) is 11.9 Å². The van der Waals surface area contributed by atoms with E-state index in [0.29, 0.717) is 12.1 Å². The fourth-order valence-electron chi connectivity index (χ4n) is 2.12. The molecule has 1 amide bonds. The van der Waals surface area contributed by atoms with Gasteiger partial charge in [-0.25, -0.2) is 0 Å². The minimum atomic E-state index is -0.0967. The average molecular weight is 214 g/mol. The van der Waals surface area contributed by atoms with Crippen molar-refractivity contribution in [2.75, 3.05) is 21.2 Å². The van der Waals surface area contributed by atoms with Crippen molar-refractivity contribution in [2.45, 2.75) is 44.4 Å². The molecule has 0 bridgehead atoms. The number of hydrogen-bond acceptors (Lipinski definition) is 3. The predicted octanol–water partition coefficient (Wildman–Crippen LogP) is 0.620. The van der Waals surface area contributed by atoms with Gasteiger partial charge in [0.2, 0.25) is 5.91 Å². The fourth-order valence-corrected chi connectivity index (χ4v) is 2.12. The van der Waals surface area contributed by atoms with Crippen LogP contribution in [0.4, 0.5) is 0 Å².